The number of rotatable bonds is 12. The largest absolute Gasteiger partial charge is 0.497 e. The van der Waals surface area contributed by atoms with E-state index in [-0.39, 0.29) is 11.9 Å². The molecule has 2 atom stereocenters. The number of halogens is 3. The first-order valence-corrected chi connectivity index (χ1v) is 16.1. The minimum Gasteiger partial charge on any atom is -0.497 e. The average Bonchev–Trinajstić information content (AvgIpc) is 3.89. The van der Waals surface area contributed by atoms with Crippen molar-refractivity contribution in [2.75, 3.05) is 20.8 Å². The maximum atomic E-state index is 13.5. The number of carbonyl (C=O) groups is 2. The maximum Gasteiger partial charge on any atom is 0.490 e. The molecular formula is C36H39F3N6O5. The molecule has 0 spiro atoms. The number of amides is 1. The number of methoxy groups -OCH3 is 2. The number of benzene rings is 3. The van der Waals surface area contributed by atoms with E-state index in [2.05, 4.69) is 56.6 Å². The molecule has 0 saturated carbocycles. The van der Waals surface area contributed by atoms with Crippen LogP contribution in [0.4, 0.5) is 13.2 Å². The third-order valence-corrected chi connectivity index (χ3v) is 8.51. The minimum absolute atomic E-state index is 0.00949. The molecule has 0 aliphatic carbocycles. The molecule has 14 heteroatoms. The van der Waals surface area contributed by atoms with Crippen LogP contribution in [0.2, 0.25) is 0 Å². The van der Waals surface area contributed by atoms with Crippen LogP contribution in [0.1, 0.15) is 47.2 Å². The molecule has 1 fully saturated rings. The number of carboxylic acids is 1. The number of ether oxygens (including phenoxy) is 2. The molecule has 2 aromatic heterocycles. The van der Waals surface area contributed by atoms with Gasteiger partial charge < -0.3 is 34.8 Å². The molecule has 5 aromatic rings. The number of aliphatic carboxylic acids is 1. The fraction of sp³-hybridized carbons (Fsp3) is 0.333. The van der Waals surface area contributed by atoms with Gasteiger partial charge in [0.25, 0.3) is 0 Å². The molecular weight excluding hydrogens is 653 g/mol. The van der Waals surface area contributed by atoms with Crippen molar-refractivity contribution >= 4 is 22.8 Å². The summed E-state index contributed by atoms with van der Waals surface area (Å²) < 4.78 is 45.1. The van der Waals surface area contributed by atoms with E-state index in [1.807, 2.05) is 42.6 Å². The lowest BCUT2D eigenvalue weighted by molar-refractivity contribution is -0.192. The highest BCUT2D eigenvalue weighted by molar-refractivity contribution is 5.84. The Morgan fingerprint density at radius 2 is 1.74 bits per heavy atom. The summed E-state index contributed by atoms with van der Waals surface area (Å²) in [6.45, 7) is 1.34. The third-order valence-electron chi connectivity index (χ3n) is 8.51. The first-order valence-electron chi connectivity index (χ1n) is 16.1. The second-order valence-electron chi connectivity index (χ2n) is 11.8. The smallest absolute Gasteiger partial charge is 0.490 e. The van der Waals surface area contributed by atoms with E-state index in [0.29, 0.717) is 19.4 Å². The Hall–Kier alpha value is -5.37. The summed E-state index contributed by atoms with van der Waals surface area (Å²) in [7, 11) is 3.31. The lowest BCUT2D eigenvalue weighted by Gasteiger charge is -2.22. The highest BCUT2D eigenvalue weighted by Crippen LogP contribution is 2.29. The molecule has 50 heavy (non-hydrogen) atoms. The van der Waals surface area contributed by atoms with Gasteiger partial charge in [-0.25, -0.2) is 4.79 Å². The zero-order chi connectivity index (χ0) is 35.7. The first-order chi connectivity index (χ1) is 24.1. The van der Waals surface area contributed by atoms with Gasteiger partial charge in [0.05, 0.1) is 32.8 Å². The van der Waals surface area contributed by atoms with Crippen molar-refractivity contribution in [3.63, 3.8) is 0 Å². The predicted molar refractivity (Wildman–Crippen MR) is 180 cm³/mol. The number of hydrogen-bond donors (Lipinski definition) is 4. The van der Waals surface area contributed by atoms with Gasteiger partial charge in [-0.3, -0.25) is 4.79 Å². The van der Waals surface area contributed by atoms with Crippen molar-refractivity contribution in [2.24, 2.45) is 0 Å². The lowest BCUT2D eigenvalue weighted by atomic mass is 10.0. The number of nitrogens with one attached hydrogen (secondary N) is 3. The Kier molecular flexibility index (Phi) is 11.8. The van der Waals surface area contributed by atoms with Crippen LogP contribution in [-0.4, -0.2) is 69.7 Å². The van der Waals surface area contributed by atoms with Gasteiger partial charge in [-0.1, -0.05) is 48.5 Å². The van der Waals surface area contributed by atoms with Gasteiger partial charge in [0.2, 0.25) is 5.91 Å². The number of para-hydroxylation sites is 1. The van der Waals surface area contributed by atoms with Crippen molar-refractivity contribution < 1.29 is 37.3 Å². The molecule has 1 aliphatic heterocycles. The third kappa shape index (κ3) is 8.99. The molecule has 1 amide bonds. The average molecular weight is 693 g/mol. The Morgan fingerprint density at radius 3 is 2.42 bits per heavy atom. The molecule has 3 aromatic carbocycles. The van der Waals surface area contributed by atoms with Crippen LogP contribution >= 0.6 is 0 Å². The predicted octanol–water partition coefficient (Wildman–Crippen LogP) is 5.40. The van der Waals surface area contributed by atoms with Crippen LogP contribution in [-0.2, 0) is 35.4 Å². The van der Waals surface area contributed by atoms with Gasteiger partial charge in [0.1, 0.15) is 17.3 Å². The Labute approximate surface area is 286 Å². The zero-order valence-electron chi connectivity index (χ0n) is 27.7. The van der Waals surface area contributed by atoms with Crippen LogP contribution < -0.4 is 20.1 Å². The highest BCUT2D eigenvalue weighted by Gasteiger charge is 2.38. The molecule has 1 aliphatic rings. The molecule has 0 unspecified atom stereocenters. The van der Waals surface area contributed by atoms with E-state index in [0.717, 1.165) is 71.0 Å². The van der Waals surface area contributed by atoms with E-state index >= 15 is 0 Å². The quantitative estimate of drug-likeness (QED) is 0.136. The molecule has 11 nitrogen and oxygen atoms in total. The molecule has 0 bridgehead atoms. The van der Waals surface area contributed by atoms with Crippen molar-refractivity contribution in [3.8, 4) is 11.5 Å². The van der Waals surface area contributed by atoms with Gasteiger partial charge in [-0.15, -0.1) is 10.2 Å². The monoisotopic (exact) mass is 692 g/mol. The second kappa shape index (κ2) is 16.4. The van der Waals surface area contributed by atoms with E-state index in [4.69, 9.17) is 29.6 Å². The fourth-order valence-electron chi connectivity index (χ4n) is 5.93. The van der Waals surface area contributed by atoms with Gasteiger partial charge in [-0.2, -0.15) is 13.2 Å². The summed E-state index contributed by atoms with van der Waals surface area (Å²) in [6.07, 6.45) is 0.851. The Morgan fingerprint density at radius 1 is 1.00 bits per heavy atom. The summed E-state index contributed by atoms with van der Waals surface area (Å²) in [5, 5.41) is 24.4. The zero-order valence-corrected chi connectivity index (χ0v) is 27.7. The standard InChI is InChI=1S/C34H38N6O3.C2HF3O2/c1-42-26-16-15-24(31(20-26)43-2)22-40-32(17-14-23-9-4-3-5-10-23)38-39-33(40)30(37-34(41)29-13-8-18-35-29)19-25-21-36-28-12-7-6-11-27(25)28;3-2(4,5)1(6)7/h3-7,9-12,15-16,20-21,29-30,35-36H,8,13-14,17-19,22H2,1-2H3,(H,37,41);(H,6,7)/t29-,30+;/m0./s1. The summed E-state index contributed by atoms with van der Waals surface area (Å²) in [5.74, 6) is 0.256. The second-order valence-corrected chi connectivity index (χ2v) is 11.8. The normalized spacial score (nSPS) is 14.9. The maximum absolute atomic E-state index is 13.5. The molecule has 3 heterocycles. The van der Waals surface area contributed by atoms with E-state index in [1.165, 1.54) is 5.56 Å². The number of H-pyrrole nitrogens is 1. The molecule has 4 N–H and O–H groups in total. The van der Waals surface area contributed by atoms with E-state index in [1.54, 1.807) is 14.2 Å². The van der Waals surface area contributed by atoms with Crippen LogP contribution in [0.5, 0.6) is 11.5 Å². The fourth-order valence-corrected chi connectivity index (χ4v) is 5.93. The number of carbonyl (C=O) groups excluding carboxylic acids is 1. The first kappa shape index (κ1) is 35.9. The van der Waals surface area contributed by atoms with E-state index < -0.39 is 18.2 Å². The lowest BCUT2D eigenvalue weighted by Crippen LogP contribution is -2.43. The van der Waals surface area contributed by atoms with Crippen LogP contribution in [0.25, 0.3) is 10.9 Å². The molecule has 0 radical (unpaired) electrons. The Bertz CT molecular complexity index is 1890. The van der Waals surface area contributed by atoms with Crippen molar-refractivity contribution in [1.29, 1.82) is 0 Å². The van der Waals surface area contributed by atoms with Crippen LogP contribution in [0, 0.1) is 0 Å². The summed E-state index contributed by atoms with van der Waals surface area (Å²) in [5.41, 5.74) is 4.38. The van der Waals surface area contributed by atoms with Crippen molar-refractivity contribution in [2.45, 2.75) is 56.9 Å². The number of fused-ring (bicyclic) bond motifs is 1. The topological polar surface area (TPSA) is 143 Å². The van der Waals surface area contributed by atoms with Gasteiger partial charge in [0.15, 0.2) is 5.82 Å². The number of aryl methyl sites for hydroxylation is 2. The summed E-state index contributed by atoms with van der Waals surface area (Å²) in [4.78, 5) is 25.8. The van der Waals surface area contributed by atoms with Gasteiger partial charge in [0, 0.05) is 41.6 Å². The number of hydrogen-bond acceptors (Lipinski definition) is 7. The van der Waals surface area contributed by atoms with Gasteiger partial charge >= 0.3 is 12.1 Å². The van der Waals surface area contributed by atoms with Crippen molar-refractivity contribution in [3.05, 3.63) is 107 Å². The molecule has 1 saturated heterocycles. The molecule has 6 rings (SSSR count). The number of nitrogens with zero attached hydrogens (tertiary/aromatic N) is 3. The summed E-state index contributed by atoms with van der Waals surface area (Å²) >= 11 is 0. The Balaban J connectivity index is 0.000000630. The number of aromatic amines is 1. The molecule has 264 valence electrons. The van der Waals surface area contributed by atoms with Crippen molar-refractivity contribution in [1.82, 2.24) is 30.4 Å². The number of alkyl halides is 3. The minimum atomic E-state index is -5.08. The van der Waals surface area contributed by atoms with Gasteiger partial charge in [-0.05, 0) is 55.1 Å². The number of aromatic nitrogens is 4. The highest BCUT2D eigenvalue weighted by atomic mass is 19.4. The van der Waals surface area contributed by atoms with Crippen LogP contribution in [0.15, 0.2) is 79.0 Å². The summed E-state index contributed by atoms with van der Waals surface area (Å²) in [6, 6.07) is 23.9. The SMILES string of the molecule is COc1ccc(Cn2c(CCc3ccccc3)nnc2[C@@H](Cc2c[nH]c3ccccc23)NC(=O)[C@@H]2CCCN2)c(OC)c1.O=C(O)C(F)(F)F. The van der Waals surface area contributed by atoms with E-state index in [9.17, 15) is 18.0 Å². The number of carboxylic acid groups (broad SMARTS) is 1. The van der Waals surface area contributed by atoms with Crippen LogP contribution in [0.3, 0.4) is 0 Å².